The number of hydrogen-bond acceptors (Lipinski definition) is 12. The number of H-pyrrole nitrogens is 1. The summed E-state index contributed by atoms with van der Waals surface area (Å²) in [6, 6.07) is 15.0. The highest BCUT2D eigenvalue weighted by Crippen LogP contribution is 2.33. The third-order valence-electron chi connectivity index (χ3n) is 12.2. The Hall–Kier alpha value is -7.01. The highest BCUT2D eigenvalue weighted by atomic mass is 32.2. The summed E-state index contributed by atoms with van der Waals surface area (Å²) in [5.74, 6) is -5.21. The average Bonchev–Trinajstić information content (AvgIpc) is 4.11. The Morgan fingerprint density at radius 1 is 0.704 bits per heavy atom. The molecule has 3 heterocycles. The minimum absolute atomic E-state index is 0.00465. The number of imidazole rings is 1. The number of thioether (sulfide) groups is 1. The van der Waals surface area contributed by atoms with E-state index in [1.807, 2.05) is 42.1 Å². The second-order valence-corrected chi connectivity index (χ2v) is 18.9. The van der Waals surface area contributed by atoms with Crippen LogP contribution in [0.3, 0.4) is 0 Å². The lowest BCUT2D eigenvalue weighted by Crippen LogP contribution is -2.56. The quantitative estimate of drug-likeness (QED) is 0.0174. The Kier molecular flexibility index (Phi) is 22.6. The number of nitrogens with two attached hydrogens (primary N) is 1. The number of aryl methyl sites for hydroxylation is 1. The van der Waals surface area contributed by atoms with E-state index in [4.69, 9.17) is 5.73 Å². The lowest BCUT2D eigenvalue weighted by atomic mass is 9.94. The van der Waals surface area contributed by atoms with E-state index in [0.717, 1.165) is 30.6 Å². The van der Waals surface area contributed by atoms with Crippen LogP contribution >= 0.6 is 11.8 Å². The zero-order chi connectivity index (χ0) is 51.0. The first-order valence-electron chi connectivity index (χ1n) is 23.9. The van der Waals surface area contributed by atoms with Crippen molar-refractivity contribution < 1.29 is 48.4 Å². The van der Waals surface area contributed by atoms with Crippen molar-refractivity contribution in [2.45, 2.75) is 119 Å². The fraction of sp³-hybridized carbons (Fsp3) is 0.500. The van der Waals surface area contributed by atoms with Crippen LogP contribution in [0.15, 0.2) is 73.2 Å². The number of benzene rings is 2. The van der Waals surface area contributed by atoms with E-state index in [1.165, 1.54) is 12.5 Å². The number of nitrogens with one attached hydrogen (secondary N) is 10. The average molecular weight is 1000 g/mol. The summed E-state index contributed by atoms with van der Waals surface area (Å²) in [6.07, 6.45) is 7.93. The molecule has 2 fully saturated rings. The molecule has 2 aromatic carbocycles. The molecule has 3 aromatic rings. The van der Waals surface area contributed by atoms with Gasteiger partial charge in [-0.1, -0.05) is 67.1 Å². The normalized spacial score (nSPS) is 17.4. The molecular weight excluding hydrogens is 937 g/mol. The van der Waals surface area contributed by atoms with Crippen LogP contribution in [0.2, 0.25) is 0 Å². The molecule has 2 aliphatic rings. The number of carbonyl (C=O) groups excluding carboxylic acids is 9. The third kappa shape index (κ3) is 19.4. The second-order valence-electron chi connectivity index (χ2n) is 17.6. The molecule has 384 valence electrons. The fourth-order valence-corrected chi connectivity index (χ4v) is 9.91. The first-order valence-corrected chi connectivity index (χ1v) is 25.0. The van der Waals surface area contributed by atoms with E-state index >= 15 is 0 Å². The molecule has 10 amide bonds. The first kappa shape index (κ1) is 54.9. The predicted octanol–water partition coefficient (Wildman–Crippen LogP) is -0.0861. The number of nitrogens with zero attached hydrogens (tertiary/aromatic N) is 1. The largest absolute Gasteiger partial charge is 0.368 e. The van der Waals surface area contributed by atoms with E-state index < -0.39 is 78.5 Å². The number of fused-ring (bicyclic) bond motifs is 1. The number of primary amides is 1. The van der Waals surface area contributed by atoms with Crippen molar-refractivity contribution in [3.63, 3.8) is 0 Å². The lowest BCUT2D eigenvalue weighted by Gasteiger charge is -2.25. The number of rotatable bonds is 31. The van der Waals surface area contributed by atoms with Gasteiger partial charge < -0.3 is 53.3 Å². The molecule has 2 aliphatic heterocycles. The molecule has 13 N–H and O–H groups in total. The Labute approximate surface area is 416 Å². The van der Waals surface area contributed by atoms with E-state index in [1.54, 1.807) is 35.8 Å². The molecular formula is C48H66N12O10S. The molecule has 0 saturated carbocycles. The zero-order valence-corrected chi connectivity index (χ0v) is 40.4. The van der Waals surface area contributed by atoms with Crippen LogP contribution in [0.25, 0.3) is 0 Å². The van der Waals surface area contributed by atoms with Gasteiger partial charge in [-0.3, -0.25) is 43.6 Å². The standard InChI is InChI=1S/C48H66N12O10S/c49-44(65)34(18-9-10-21-51-39(61)20-8-7-19-38-43-37(28-71-38)58-48(69)59-43)55-42(64)27-52-41(63)26-53-46(67)35(22-31-14-5-2-6-15-31)57-47(68)36(24-33-25-50-29-54-33)56-45(66)32(23-40(62)60-70)17-11-16-30-12-3-1-4-13-30/h1-6,12-15,25,29,32,34-38,43,70H,7-11,16-24,26-28H2,(H2,49,65)(H,50,54)(H,51,61)(H,52,63)(H,53,67)(H,55,64)(H,56,66)(H,57,68)(H,60,62)(H2,58,59,69)/t32?,34-,35-,36-,37-,38-,43-/m0/s1. The number of aromatic nitrogens is 2. The monoisotopic (exact) mass is 1000 g/mol. The maximum atomic E-state index is 14.1. The molecule has 71 heavy (non-hydrogen) atoms. The highest BCUT2D eigenvalue weighted by molar-refractivity contribution is 8.00. The summed E-state index contributed by atoms with van der Waals surface area (Å²) in [7, 11) is 0. The van der Waals surface area contributed by atoms with Crippen molar-refractivity contribution in [3.05, 3.63) is 90.0 Å². The van der Waals surface area contributed by atoms with Crippen LogP contribution in [-0.2, 0) is 57.6 Å². The Balaban J connectivity index is 1.06. The number of hydrogen-bond donors (Lipinski definition) is 12. The van der Waals surface area contributed by atoms with Gasteiger partial charge in [-0.15, -0.1) is 0 Å². The molecule has 0 aliphatic carbocycles. The molecule has 1 unspecified atom stereocenters. The van der Waals surface area contributed by atoms with Crippen LogP contribution in [0, 0.1) is 5.92 Å². The van der Waals surface area contributed by atoms with Crippen molar-refractivity contribution in [1.29, 1.82) is 0 Å². The van der Waals surface area contributed by atoms with Gasteiger partial charge in [0, 0.05) is 61.0 Å². The molecule has 7 atom stereocenters. The number of aromatic amines is 1. The first-order chi connectivity index (χ1) is 34.3. The van der Waals surface area contributed by atoms with Gasteiger partial charge in [0.05, 0.1) is 31.5 Å². The molecule has 1 aromatic heterocycles. The number of hydroxylamine groups is 1. The Bertz CT molecular complexity index is 2240. The molecule has 0 radical (unpaired) electrons. The summed E-state index contributed by atoms with van der Waals surface area (Å²) in [5.41, 5.74) is 9.30. The van der Waals surface area contributed by atoms with Crippen LogP contribution < -0.4 is 53.7 Å². The molecule has 0 spiro atoms. The topological polar surface area (TPSA) is 337 Å². The van der Waals surface area contributed by atoms with E-state index in [0.29, 0.717) is 55.2 Å². The maximum absolute atomic E-state index is 14.1. The van der Waals surface area contributed by atoms with Gasteiger partial charge in [-0.25, -0.2) is 15.3 Å². The molecule has 0 bridgehead atoms. The van der Waals surface area contributed by atoms with Crippen LogP contribution in [-0.4, -0.2) is 129 Å². The highest BCUT2D eigenvalue weighted by Gasteiger charge is 2.42. The van der Waals surface area contributed by atoms with Crippen molar-refractivity contribution >= 4 is 65.1 Å². The number of carbonyl (C=O) groups is 9. The molecule has 23 heteroatoms. The Morgan fingerprint density at radius 3 is 2.11 bits per heavy atom. The predicted molar refractivity (Wildman–Crippen MR) is 262 cm³/mol. The van der Waals surface area contributed by atoms with Crippen LogP contribution in [0.4, 0.5) is 4.79 Å². The number of urea groups is 1. The van der Waals surface area contributed by atoms with Gasteiger partial charge >= 0.3 is 6.03 Å². The fourth-order valence-electron chi connectivity index (χ4n) is 8.37. The molecule has 5 rings (SSSR count). The van der Waals surface area contributed by atoms with E-state index in [2.05, 4.69) is 52.5 Å². The van der Waals surface area contributed by atoms with Gasteiger partial charge in [0.15, 0.2) is 0 Å². The smallest absolute Gasteiger partial charge is 0.315 e. The second kappa shape index (κ2) is 29.2. The molecule has 22 nitrogen and oxygen atoms in total. The summed E-state index contributed by atoms with van der Waals surface area (Å²) in [5, 5.41) is 31.2. The van der Waals surface area contributed by atoms with Crippen molar-refractivity contribution in [2.24, 2.45) is 11.7 Å². The van der Waals surface area contributed by atoms with E-state index in [9.17, 15) is 48.4 Å². The Morgan fingerprint density at radius 2 is 1.41 bits per heavy atom. The van der Waals surface area contributed by atoms with Gasteiger partial charge in [-0.2, -0.15) is 11.8 Å². The minimum Gasteiger partial charge on any atom is -0.368 e. The third-order valence-corrected chi connectivity index (χ3v) is 13.7. The van der Waals surface area contributed by atoms with E-state index in [-0.39, 0.29) is 56.1 Å². The van der Waals surface area contributed by atoms with Gasteiger partial charge in [0.2, 0.25) is 47.3 Å². The summed E-state index contributed by atoms with van der Waals surface area (Å²) < 4.78 is 0. The maximum Gasteiger partial charge on any atom is 0.315 e. The lowest BCUT2D eigenvalue weighted by molar-refractivity contribution is -0.137. The SMILES string of the molecule is NC(=O)[C@H](CCCCNC(=O)CCCC[C@@H]1SC[C@@H]2NC(=O)N[C@@H]21)NC(=O)CNC(=O)CNC(=O)[C@H](Cc1ccccc1)NC(=O)[C@H](Cc1cnc[nH]1)NC(=O)C(CCCc1ccccc1)CC(=O)NO. The van der Waals surface area contributed by atoms with Crippen molar-refractivity contribution in [3.8, 4) is 0 Å². The van der Waals surface area contributed by atoms with Gasteiger partial charge in [0.1, 0.15) is 18.1 Å². The van der Waals surface area contributed by atoms with Crippen molar-refractivity contribution in [1.82, 2.24) is 58.0 Å². The zero-order valence-electron chi connectivity index (χ0n) is 39.5. The molecule has 2 saturated heterocycles. The number of unbranched alkanes of at least 4 members (excludes halogenated alkanes) is 2. The summed E-state index contributed by atoms with van der Waals surface area (Å²) in [4.78, 5) is 122. The minimum atomic E-state index is -1.26. The summed E-state index contributed by atoms with van der Waals surface area (Å²) in [6.45, 7) is -0.739. The van der Waals surface area contributed by atoms with Gasteiger partial charge in [-0.05, 0) is 62.5 Å². The van der Waals surface area contributed by atoms with Crippen LogP contribution in [0.1, 0.15) is 81.0 Å². The van der Waals surface area contributed by atoms with Gasteiger partial charge in [0.25, 0.3) is 0 Å². The van der Waals surface area contributed by atoms with Crippen molar-refractivity contribution in [2.75, 3.05) is 25.4 Å². The number of amides is 10. The van der Waals surface area contributed by atoms with Crippen LogP contribution in [0.5, 0.6) is 0 Å². The summed E-state index contributed by atoms with van der Waals surface area (Å²) >= 11 is 1.83.